The van der Waals surface area contributed by atoms with Crippen molar-refractivity contribution in [1.82, 2.24) is 10.2 Å². The molecule has 0 unspecified atom stereocenters. The third kappa shape index (κ3) is 4.95. The molecule has 1 aromatic rings. The Labute approximate surface area is 131 Å². The molecule has 1 aliphatic rings. The van der Waals surface area contributed by atoms with Crippen molar-refractivity contribution in [2.45, 2.75) is 25.2 Å². The van der Waals surface area contributed by atoms with Crippen LogP contribution in [0.3, 0.4) is 0 Å². The van der Waals surface area contributed by atoms with Crippen LogP contribution in [0, 0.1) is 0 Å². The second kappa shape index (κ2) is 6.99. The van der Waals surface area contributed by atoms with Gasteiger partial charge in [-0.1, -0.05) is 12.1 Å². The molecule has 0 spiro atoms. The topological polar surface area (TPSA) is 58.6 Å². The van der Waals surface area contributed by atoms with Crippen molar-refractivity contribution in [1.29, 1.82) is 0 Å². The van der Waals surface area contributed by atoms with Gasteiger partial charge in [-0.3, -0.25) is 14.5 Å². The standard InChI is InChI=1S/C15H17F3N2O3/c1-20(12-6-7-23-14(12)22)8-10-2-4-11(5-3-10)13(21)19-9-15(16,17)18/h2-5,12H,6-9H2,1H3,(H,19,21)/t12-/m1/s1. The molecule has 0 radical (unpaired) electrons. The molecule has 2 rings (SSSR count). The van der Waals surface area contributed by atoms with E-state index in [0.29, 0.717) is 19.6 Å². The summed E-state index contributed by atoms with van der Waals surface area (Å²) in [6.45, 7) is -0.476. The molecule has 1 N–H and O–H groups in total. The van der Waals surface area contributed by atoms with Gasteiger partial charge in [0.2, 0.25) is 0 Å². The zero-order valence-corrected chi connectivity index (χ0v) is 12.5. The number of nitrogens with zero attached hydrogens (tertiary/aromatic N) is 1. The van der Waals surface area contributed by atoms with Crippen molar-refractivity contribution in [3.8, 4) is 0 Å². The van der Waals surface area contributed by atoms with Gasteiger partial charge >= 0.3 is 12.1 Å². The Balaban J connectivity index is 1.91. The average Bonchev–Trinajstić information content (AvgIpc) is 2.91. The number of ether oxygens (including phenoxy) is 1. The molecule has 23 heavy (non-hydrogen) atoms. The minimum Gasteiger partial charge on any atom is -0.464 e. The molecular formula is C15H17F3N2O3. The Kier molecular flexibility index (Phi) is 5.25. The van der Waals surface area contributed by atoms with Gasteiger partial charge in [-0.05, 0) is 24.7 Å². The Morgan fingerprint density at radius 1 is 1.35 bits per heavy atom. The third-order valence-corrected chi connectivity index (χ3v) is 3.54. The van der Waals surface area contributed by atoms with Gasteiger partial charge in [-0.15, -0.1) is 0 Å². The Morgan fingerprint density at radius 3 is 2.52 bits per heavy atom. The number of hydrogen-bond donors (Lipinski definition) is 1. The number of carbonyl (C=O) groups excluding carboxylic acids is 2. The number of likely N-dealkylation sites (N-methyl/N-ethyl adjacent to an activating group) is 1. The van der Waals surface area contributed by atoms with Crippen molar-refractivity contribution in [2.75, 3.05) is 20.2 Å². The fraction of sp³-hybridized carbons (Fsp3) is 0.467. The van der Waals surface area contributed by atoms with Crippen molar-refractivity contribution in [3.63, 3.8) is 0 Å². The summed E-state index contributed by atoms with van der Waals surface area (Å²) in [5, 5.41) is 1.81. The lowest BCUT2D eigenvalue weighted by Gasteiger charge is -2.20. The number of halogens is 3. The Bertz CT molecular complexity index is 572. The molecule has 1 aromatic carbocycles. The van der Waals surface area contributed by atoms with Crippen LogP contribution in [-0.2, 0) is 16.1 Å². The number of alkyl halides is 3. The summed E-state index contributed by atoms with van der Waals surface area (Å²) in [7, 11) is 1.79. The highest BCUT2D eigenvalue weighted by atomic mass is 19.4. The minimum absolute atomic E-state index is 0.154. The molecule has 1 saturated heterocycles. The lowest BCUT2D eigenvalue weighted by molar-refractivity contribution is -0.142. The lowest BCUT2D eigenvalue weighted by atomic mass is 10.1. The maximum Gasteiger partial charge on any atom is 0.405 e. The van der Waals surface area contributed by atoms with Gasteiger partial charge in [0.25, 0.3) is 5.91 Å². The quantitative estimate of drug-likeness (QED) is 0.836. The van der Waals surface area contributed by atoms with Crippen molar-refractivity contribution in [3.05, 3.63) is 35.4 Å². The Morgan fingerprint density at radius 2 is 2.00 bits per heavy atom. The molecule has 0 aromatic heterocycles. The first-order valence-electron chi connectivity index (χ1n) is 7.07. The first-order valence-corrected chi connectivity index (χ1v) is 7.07. The maximum atomic E-state index is 12.1. The SMILES string of the molecule is CN(Cc1ccc(C(=O)NCC(F)(F)F)cc1)[C@@H]1CCOC1=O. The third-order valence-electron chi connectivity index (χ3n) is 3.54. The van der Waals surface area contributed by atoms with Gasteiger partial charge < -0.3 is 10.1 Å². The highest BCUT2D eigenvalue weighted by Gasteiger charge is 2.30. The summed E-state index contributed by atoms with van der Waals surface area (Å²) in [5.74, 6) is -1.03. The first-order chi connectivity index (χ1) is 10.8. The van der Waals surface area contributed by atoms with Crippen LogP contribution in [0.1, 0.15) is 22.3 Å². The maximum absolute atomic E-state index is 12.1. The van der Waals surface area contributed by atoms with Crippen LogP contribution < -0.4 is 5.32 Å². The average molecular weight is 330 g/mol. The summed E-state index contributed by atoms with van der Waals surface area (Å²) in [6.07, 6.45) is -3.80. The van der Waals surface area contributed by atoms with E-state index in [9.17, 15) is 22.8 Å². The van der Waals surface area contributed by atoms with E-state index in [1.807, 2.05) is 10.2 Å². The summed E-state index contributed by atoms with van der Waals surface area (Å²) in [4.78, 5) is 24.9. The number of amides is 1. The number of benzene rings is 1. The molecule has 0 bridgehead atoms. The second-order valence-electron chi connectivity index (χ2n) is 5.38. The number of esters is 1. The Hall–Kier alpha value is -2.09. The molecule has 5 nitrogen and oxygen atoms in total. The van der Waals surface area contributed by atoms with Crippen LogP contribution in [0.25, 0.3) is 0 Å². The number of nitrogens with one attached hydrogen (secondary N) is 1. The van der Waals surface area contributed by atoms with Gasteiger partial charge in [-0.25, -0.2) is 0 Å². The van der Waals surface area contributed by atoms with Crippen LogP contribution in [0.4, 0.5) is 13.2 Å². The van der Waals surface area contributed by atoms with E-state index in [1.165, 1.54) is 12.1 Å². The fourth-order valence-electron chi connectivity index (χ4n) is 2.33. The molecule has 1 atom stereocenters. The molecule has 1 heterocycles. The molecule has 0 aliphatic carbocycles. The van der Waals surface area contributed by atoms with E-state index in [4.69, 9.17) is 4.74 Å². The van der Waals surface area contributed by atoms with Crippen LogP contribution in [0.5, 0.6) is 0 Å². The molecule has 0 saturated carbocycles. The van der Waals surface area contributed by atoms with Gasteiger partial charge in [0.15, 0.2) is 0 Å². The van der Waals surface area contributed by atoms with E-state index >= 15 is 0 Å². The predicted molar refractivity (Wildman–Crippen MR) is 75.7 cm³/mol. The zero-order valence-electron chi connectivity index (χ0n) is 12.5. The van der Waals surface area contributed by atoms with Gasteiger partial charge in [0, 0.05) is 18.5 Å². The van der Waals surface area contributed by atoms with Crippen LogP contribution >= 0.6 is 0 Å². The fourth-order valence-corrected chi connectivity index (χ4v) is 2.33. The molecule has 1 amide bonds. The smallest absolute Gasteiger partial charge is 0.405 e. The minimum atomic E-state index is -4.44. The lowest BCUT2D eigenvalue weighted by Crippen LogP contribution is -2.35. The molecular weight excluding hydrogens is 313 g/mol. The van der Waals surface area contributed by atoms with Crippen LogP contribution in [0.15, 0.2) is 24.3 Å². The second-order valence-corrected chi connectivity index (χ2v) is 5.38. The summed E-state index contributed by atoms with van der Waals surface area (Å²) < 4.78 is 41.1. The summed E-state index contributed by atoms with van der Waals surface area (Å²) in [6, 6.07) is 5.94. The van der Waals surface area contributed by atoms with Crippen molar-refractivity contribution in [2.24, 2.45) is 0 Å². The van der Waals surface area contributed by atoms with E-state index in [-0.39, 0.29) is 17.6 Å². The number of hydrogen-bond acceptors (Lipinski definition) is 4. The molecule has 1 fully saturated rings. The zero-order chi connectivity index (χ0) is 17.0. The van der Waals surface area contributed by atoms with E-state index in [2.05, 4.69) is 0 Å². The monoisotopic (exact) mass is 330 g/mol. The molecule has 1 aliphatic heterocycles. The summed E-state index contributed by atoms with van der Waals surface area (Å²) in [5.41, 5.74) is 1.00. The largest absolute Gasteiger partial charge is 0.464 e. The van der Waals surface area contributed by atoms with Crippen molar-refractivity contribution < 1.29 is 27.5 Å². The highest BCUT2D eigenvalue weighted by Crippen LogP contribution is 2.16. The van der Waals surface area contributed by atoms with Crippen LogP contribution in [-0.4, -0.2) is 49.2 Å². The van der Waals surface area contributed by atoms with E-state index < -0.39 is 18.6 Å². The molecule has 8 heteroatoms. The summed E-state index contributed by atoms with van der Waals surface area (Å²) >= 11 is 0. The normalized spacial score (nSPS) is 18.1. The van der Waals surface area contributed by atoms with Gasteiger partial charge in [0.05, 0.1) is 6.61 Å². The van der Waals surface area contributed by atoms with E-state index in [1.54, 1.807) is 19.2 Å². The number of cyclic esters (lactones) is 1. The van der Waals surface area contributed by atoms with Gasteiger partial charge in [0.1, 0.15) is 12.6 Å². The highest BCUT2D eigenvalue weighted by molar-refractivity contribution is 5.94. The predicted octanol–water partition coefficient (Wildman–Crippen LogP) is 1.73. The van der Waals surface area contributed by atoms with E-state index in [0.717, 1.165) is 5.56 Å². The van der Waals surface area contributed by atoms with Crippen molar-refractivity contribution >= 4 is 11.9 Å². The number of carbonyl (C=O) groups is 2. The molecule has 126 valence electrons. The van der Waals surface area contributed by atoms with Crippen LogP contribution in [0.2, 0.25) is 0 Å². The first kappa shape index (κ1) is 17.3. The number of rotatable bonds is 5. The van der Waals surface area contributed by atoms with Gasteiger partial charge in [-0.2, -0.15) is 13.2 Å².